The second kappa shape index (κ2) is 7.62. The molecular formula is C12H18N2O3. The van der Waals surface area contributed by atoms with Gasteiger partial charge in [-0.05, 0) is 19.5 Å². The first kappa shape index (κ1) is 13.4. The minimum absolute atomic E-state index is 0.361. The van der Waals surface area contributed by atoms with Crippen LogP contribution in [0.3, 0.4) is 0 Å². The maximum Gasteiger partial charge on any atom is 0.339 e. The van der Waals surface area contributed by atoms with Crippen molar-refractivity contribution >= 4 is 5.97 Å². The third-order valence-electron chi connectivity index (χ3n) is 2.03. The highest BCUT2D eigenvalue weighted by atomic mass is 16.5. The lowest BCUT2D eigenvalue weighted by atomic mass is 10.3. The van der Waals surface area contributed by atoms with E-state index in [4.69, 9.17) is 9.47 Å². The molecule has 0 radical (unpaired) electrons. The van der Waals surface area contributed by atoms with Crippen LogP contribution in [0.5, 0.6) is 5.88 Å². The summed E-state index contributed by atoms with van der Waals surface area (Å²) in [6.07, 6.45) is 1.46. The summed E-state index contributed by atoms with van der Waals surface area (Å²) in [5, 5.41) is 3.14. The molecule has 0 unspecified atom stereocenters. The molecule has 5 heteroatoms. The molecule has 0 aromatic carbocycles. The molecule has 0 atom stereocenters. The molecule has 17 heavy (non-hydrogen) atoms. The predicted octanol–water partition coefficient (Wildman–Crippen LogP) is 1.25. The van der Waals surface area contributed by atoms with Gasteiger partial charge in [0.1, 0.15) is 6.61 Å². The number of pyridine rings is 1. The molecule has 1 heterocycles. The molecule has 0 aliphatic carbocycles. The molecule has 1 aromatic rings. The average Bonchev–Trinajstić information content (AvgIpc) is 2.36. The van der Waals surface area contributed by atoms with Crippen molar-refractivity contribution in [3.63, 3.8) is 0 Å². The number of likely N-dealkylation sites (N-methyl/N-ethyl adjacent to an activating group) is 1. The van der Waals surface area contributed by atoms with Crippen LogP contribution in [0.2, 0.25) is 0 Å². The van der Waals surface area contributed by atoms with Gasteiger partial charge in [0.2, 0.25) is 5.88 Å². The van der Waals surface area contributed by atoms with E-state index in [0.29, 0.717) is 24.7 Å². The van der Waals surface area contributed by atoms with Gasteiger partial charge < -0.3 is 14.8 Å². The fourth-order valence-electron chi connectivity index (χ4n) is 1.21. The molecule has 0 fully saturated rings. The smallest absolute Gasteiger partial charge is 0.339 e. The molecule has 0 spiro atoms. The van der Waals surface area contributed by atoms with Crippen LogP contribution in [0.1, 0.15) is 24.2 Å². The molecule has 0 amide bonds. The van der Waals surface area contributed by atoms with E-state index in [-0.39, 0.29) is 5.97 Å². The monoisotopic (exact) mass is 238 g/mol. The Morgan fingerprint density at radius 3 is 2.82 bits per heavy atom. The lowest BCUT2D eigenvalue weighted by molar-refractivity contribution is 0.0526. The van der Waals surface area contributed by atoms with Crippen molar-refractivity contribution in [3.05, 3.63) is 23.9 Å². The number of carbonyl (C=O) groups excluding carboxylic acids is 1. The molecule has 1 N–H and O–H groups in total. The third kappa shape index (κ3) is 4.82. The molecule has 0 bridgehead atoms. The molecule has 94 valence electrons. The first-order valence-electron chi connectivity index (χ1n) is 5.74. The Morgan fingerprint density at radius 1 is 1.41 bits per heavy atom. The minimum atomic E-state index is -0.362. The third-order valence-corrected chi connectivity index (χ3v) is 2.03. The van der Waals surface area contributed by atoms with Crippen molar-refractivity contribution in [1.82, 2.24) is 10.3 Å². The zero-order valence-electron chi connectivity index (χ0n) is 10.2. The Balaban J connectivity index is 2.42. The second-order valence-corrected chi connectivity index (χ2v) is 3.31. The molecule has 1 rings (SSSR count). The first-order chi connectivity index (χ1) is 8.27. The molecule has 0 aliphatic heterocycles. The fourth-order valence-corrected chi connectivity index (χ4v) is 1.21. The van der Waals surface area contributed by atoms with E-state index in [0.717, 1.165) is 13.1 Å². The summed E-state index contributed by atoms with van der Waals surface area (Å²) in [4.78, 5) is 15.4. The number of ether oxygens (including phenoxy) is 2. The van der Waals surface area contributed by atoms with E-state index in [2.05, 4.69) is 10.3 Å². The number of carbonyl (C=O) groups is 1. The van der Waals surface area contributed by atoms with Crippen molar-refractivity contribution in [3.8, 4) is 5.88 Å². The van der Waals surface area contributed by atoms with Crippen LogP contribution in [0.15, 0.2) is 18.3 Å². The van der Waals surface area contributed by atoms with Gasteiger partial charge in [0.15, 0.2) is 0 Å². The summed E-state index contributed by atoms with van der Waals surface area (Å²) in [6, 6.07) is 3.31. The van der Waals surface area contributed by atoms with Gasteiger partial charge >= 0.3 is 5.97 Å². The SMILES string of the molecule is CCNCCOc1ccc(C(=O)OCC)cn1. The zero-order chi connectivity index (χ0) is 12.5. The summed E-state index contributed by atoms with van der Waals surface area (Å²) >= 11 is 0. The first-order valence-corrected chi connectivity index (χ1v) is 5.74. The van der Waals surface area contributed by atoms with Crippen LogP contribution in [-0.4, -0.2) is 37.3 Å². The van der Waals surface area contributed by atoms with Crippen molar-refractivity contribution in [2.45, 2.75) is 13.8 Å². The van der Waals surface area contributed by atoms with Crippen molar-refractivity contribution in [2.75, 3.05) is 26.3 Å². The fraction of sp³-hybridized carbons (Fsp3) is 0.500. The van der Waals surface area contributed by atoms with Gasteiger partial charge in [-0.25, -0.2) is 9.78 Å². The van der Waals surface area contributed by atoms with E-state index >= 15 is 0 Å². The summed E-state index contributed by atoms with van der Waals surface area (Å²) in [6.45, 7) is 6.41. The molecule has 0 saturated heterocycles. The molecule has 5 nitrogen and oxygen atoms in total. The number of hydrogen-bond acceptors (Lipinski definition) is 5. The predicted molar refractivity (Wildman–Crippen MR) is 64.2 cm³/mol. The normalized spacial score (nSPS) is 10.0. The lowest BCUT2D eigenvalue weighted by Gasteiger charge is -2.06. The van der Waals surface area contributed by atoms with Crippen LogP contribution >= 0.6 is 0 Å². The lowest BCUT2D eigenvalue weighted by Crippen LogP contribution is -2.20. The Labute approximate surface area is 101 Å². The highest BCUT2D eigenvalue weighted by molar-refractivity contribution is 5.89. The van der Waals surface area contributed by atoms with Crippen LogP contribution in [-0.2, 0) is 4.74 Å². The number of nitrogens with one attached hydrogen (secondary N) is 1. The Kier molecular flexibility index (Phi) is 6.03. The Bertz CT molecular complexity index is 338. The zero-order valence-corrected chi connectivity index (χ0v) is 10.2. The van der Waals surface area contributed by atoms with Gasteiger partial charge in [0.05, 0.1) is 12.2 Å². The van der Waals surface area contributed by atoms with E-state index in [9.17, 15) is 4.79 Å². The highest BCUT2D eigenvalue weighted by Crippen LogP contribution is 2.08. The van der Waals surface area contributed by atoms with Gasteiger partial charge in [0.25, 0.3) is 0 Å². The summed E-state index contributed by atoms with van der Waals surface area (Å²) in [7, 11) is 0. The number of esters is 1. The van der Waals surface area contributed by atoms with Crippen molar-refractivity contribution < 1.29 is 14.3 Å². The van der Waals surface area contributed by atoms with Gasteiger partial charge in [-0.1, -0.05) is 6.92 Å². The van der Waals surface area contributed by atoms with Crippen molar-refractivity contribution in [1.29, 1.82) is 0 Å². The Morgan fingerprint density at radius 2 is 2.24 bits per heavy atom. The standard InChI is InChI=1S/C12H18N2O3/c1-3-13-7-8-17-11-6-5-10(9-14-11)12(15)16-4-2/h5-6,9,13H,3-4,7-8H2,1-2H3. The van der Waals surface area contributed by atoms with Gasteiger partial charge in [0, 0.05) is 18.8 Å². The van der Waals surface area contributed by atoms with E-state index < -0.39 is 0 Å². The summed E-state index contributed by atoms with van der Waals surface area (Å²) in [5.41, 5.74) is 0.436. The van der Waals surface area contributed by atoms with Gasteiger partial charge in [-0.15, -0.1) is 0 Å². The van der Waals surface area contributed by atoms with E-state index in [1.165, 1.54) is 6.20 Å². The van der Waals surface area contributed by atoms with Crippen LogP contribution < -0.4 is 10.1 Å². The number of nitrogens with zero attached hydrogens (tertiary/aromatic N) is 1. The second-order valence-electron chi connectivity index (χ2n) is 3.31. The molecule has 0 aliphatic rings. The number of hydrogen-bond donors (Lipinski definition) is 1. The number of aromatic nitrogens is 1. The van der Waals surface area contributed by atoms with E-state index in [1.54, 1.807) is 19.1 Å². The van der Waals surface area contributed by atoms with Crippen LogP contribution in [0.4, 0.5) is 0 Å². The largest absolute Gasteiger partial charge is 0.476 e. The van der Waals surface area contributed by atoms with Gasteiger partial charge in [-0.3, -0.25) is 0 Å². The van der Waals surface area contributed by atoms with E-state index in [1.807, 2.05) is 6.92 Å². The average molecular weight is 238 g/mol. The van der Waals surface area contributed by atoms with Crippen LogP contribution in [0, 0.1) is 0 Å². The quantitative estimate of drug-likeness (QED) is 0.572. The summed E-state index contributed by atoms with van der Waals surface area (Å²) < 4.78 is 10.2. The highest BCUT2D eigenvalue weighted by Gasteiger charge is 2.06. The maximum atomic E-state index is 11.3. The topological polar surface area (TPSA) is 60.5 Å². The molecular weight excluding hydrogens is 220 g/mol. The Hall–Kier alpha value is -1.62. The molecule has 1 aromatic heterocycles. The maximum absolute atomic E-state index is 11.3. The minimum Gasteiger partial charge on any atom is -0.476 e. The van der Waals surface area contributed by atoms with Crippen LogP contribution in [0.25, 0.3) is 0 Å². The van der Waals surface area contributed by atoms with Gasteiger partial charge in [-0.2, -0.15) is 0 Å². The summed E-state index contributed by atoms with van der Waals surface area (Å²) in [5.74, 6) is 0.148. The number of rotatable bonds is 7. The molecule has 0 saturated carbocycles. The van der Waals surface area contributed by atoms with Crippen molar-refractivity contribution in [2.24, 2.45) is 0 Å².